The first-order chi connectivity index (χ1) is 12.6. The van der Waals surface area contributed by atoms with Gasteiger partial charge in [-0.2, -0.15) is 0 Å². The molecule has 0 bridgehead atoms. The zero-order valence-corrected chi connectivity index (χ0v) is 17.0. The summed E-state index contributed by atoms with van der Waals surface area (Å²) in [6, 6.07) is 9.93. The quantitative estimate of drug-likeness (QED) is 0.766. The van der Waals surface area contributed by atoms with E-state index < -0.39 is 0 Å². The number of phenolic OH excluding ortho intramolecular Hbond substituents is 1. The Bertz CT molecular complexity index is 846. The number of thioether (sulfide) groups is 1. The van der Waals surface area contributed by atoms with E-state index in [2.05, 4.69) is 32.7 Å². The van der Waals surface area contributed by atoms with Crippen molar-refractivity contribution in [3.8, 4) is 11.5 Å². The molecule has 0 radical (unpaired) electrons. The summed E-state index contributed by atoms with van der Waals surface area (Å²) in [5.41, 5.74) is 2.00. The number of methoxy groups -OCH3 is 1. The molecule has 2 aromatic rings. The first-order valence-corrected chi connectivity index (χ1v) is 10.4. The molecule has 0 aliphatic carbocycles. The molecule has 0 unspecified atom stereocenters. The van der Waals surface area contributed by atoms with Crippen LogP contribution in [0.15, 0.2) is 46.0 Å². The summed E-state index contributed by atoms with van der Waals surface area (Å²) >= 11 is 5.45. The van der Waals surface area contributed by atoms with E-state index >= 15 is 0 Å². The molecule has 1 aromatic heterocycles. The summed E-state index contributed by atoms with van der Waals surface area (Å²) in [5.74, 6) is 1.64. The van der Waals surface area contributed by atoms with E-state index in [-0.39, 0.29) is 17.8 Å². The fraction of sp³-hybridized carbons (Fsp3) is 0.368. The lowest BCUT2D eigenvalue weighted by atomic mass is 9.95. The van der Waals surface area contributed by atoms with E-state index in [1.165, 1.54) is 0 Å². The monoisotopic (exact) mass is 433 g/mol. The van der Waals surface area contributed by atoms with Crippen molar-refractivity contribution in [2.24, 2.45) is 4.99 Å². The molecular weight excluding hydrogens is 414 g/mol. The molecular formula is C19H20BrN3O2S. The molecule has 0 amide bonds. The first kappa shape index (κ1) is 17.7. The van der Waals surface area contributed by atoms with Gasteiger partial charge in [-0.15, -0.1) is 0 Å². The molecule has 26 heavy (non-hydrogen) atoms. The summed E-state index contributed by atoms with van der Waals surface area (Å²) in [6.45, 7) is 2.21. The highest BCUT2D eigenvalue weighted by Gasteiger charge is 2.46. The Labute approximate surface area is 165 Å². The standard InChI is InChI=1S/C19H20BrN3O2S/c1-3-11-10-26-19-22-17(14-6-4-5-7-21-14)18(23(11)19)12-8-16(25-2)15(24)9-13(12)20/h4-9,11,17-18,24H,3,10H2,1-2H3/t11-,17+,18+/m0/s1. The second-order valence-electron chi connectivity index (χ2n) is 6.38. The van der Waals surface area contributed by atoms with Crippen LogP contribution >= 0.6 is 27.7 Å². The third-order valence-electron chi connectivity index (χ3n) is 4.95. The Morgan fingerprint density at radius 1 is 1.38 bits per heavy atom. The van der Waals surface area contributed by atoms with E-state index in [0.29, 0.717) is 11.8 Å². The van der Waals surface area contributed by atoms with Crippen LogP contribution in [-0.4, -0.2) is 39.1 Å². The maximum atomic E-state index is 10.1. The molecule has 3 atom stereocenters. The number of hydrogen-bond acceptors (Lipinski definition) is 6. The third-order valence-corrected chi connectivity index (χ3v) is 6.76. The van der Waals surface area contributed by atoms with E-state index in [0.717, 1.165) is 33.1 Å². The van der Waals surface area contributed by atoms with Crippen molar-refractivity contribution in [2.75, 3.05) is 12.9 Å². The highest BCUT2D eigenvalue weighted by atomic mass is 79.9. The van der Waals surface area contributed by atoms with Gasteiger partial charge in [0.2, 0.25) is 0 Å². The van der Waals surface area contributed by atoms with Crippen molar-refractivity contribution in [3.63, 3.8) is 0 Å². The van der Waals surface area contributed by atoms with E-state index in [9.17, 15) is 5.11 Å². The molecule has 1 aromatic carbocycles. The number of hydrogen-bond donors (Lipinski definition) is 1. The van der Waals surface area contributed by atoms with Crippen LogP contribution in [0.4, 0.5) is 0 Å². The Hall–Kier alpha value is -1.73. The summed E-state index contributed by atoms with van der Waals surface area (Å²) in [7, 11) is 1.57. The molecule has 2 aliphatic heterocycles. The van der Waals surface area contributed by atoms with Crippen LogP contribution in [0.2, 0.25) is 0 Å². The maximum absolute atomic E-state index is 10.1. The fourth-order valence-corrected chi connectivity index (χ4v) is 5.54. The predicted octanol–water partition coefficient (Wildman–Crippen LogP) is 4.54. The molecule has 0 saturated carbocycles. The SMILES string of the molecule is CC[C@H]1CSC2=N[C@H](c3ccccn3)[C@@H](c3cc(OC)c(O)cc3Br)N21. The number of aliphatic imine (C=N–C) groups is 1. The second kappa shape index (κ2) is 7.12. The van der Waals surface area contributed by atoms with Crippen LogP contribution in [-0.2, 0) is 0 Å². The third kappa shape index (κ3) is 2.87. The lowest BCUT2D eigenvalue weighted by Gasteiger charge is -2.32. The van der Waals surface area contributed by atoms with Gasteiger partial charge in [-0.1, -0.05) is 40.7 Å². The topological polar surface area (TPSA) is 58.0 Å². The Kier molecular flexibility index (Phi) is 4.84. The van der Waals surface area contributed by atoms with Gasteiger partial charge in [0.15, 0.2) is 16.7 Å². The minimum Gasteiger partial charge on any atom is -0.504 e. The van der Waals surface area contributed by atoms with Crippen LogP contribution in [0.25, 0.3) is 0 Å². The number of rotatable bonds is 4. The Morgan fingerprint density at radius 2 is 2.23 bits per heavy atom. The molecule has 1 N–H and O–H groups in total. The van der Waals surface area contributed by atoms with Gasteiger partial charge < -0.3 is 14.7 Å². The molecule has 4 rings (SSSR count). The number of aromatic hydroxyl groups is 1. The van der Waals surface area contributed by atoms with Crippen LogP contribution < -0.4 is 4.74 Å². The molecule has 1 saturated heterocycles. The minimum atomic E-state index is -0.0846. The van der Waals surface area contributed by atoms with Gasteiger partial charge in [-0.25, -0.2) is 0 Å². The van der Waals surface area contributed by atoms with Crippen molar-refractivity contribution >= 4 is 32.9 Å². The number of benzene rings is 1. The first-order valence-electron chi connectivity index (χ1n) is 8.60. The average Bonchev–Trinajstić information content (AvgIpc) is 3.22. The molecule has 5 nitrogen and oxygen atoms in total. The van der Waals surface area contributed by atoms with Crippen molar-refractivity contribution < 1.29 is 9.84 Å². The molecule has 2 aliphatic rings. The fourth-order valence-electron chi connectivity index (χ4n) is 3.64. The van der Waals surface area contributed by atoms with Crippen molar-refractivity contribution in [2.45, 2.75) is 31.5 Å². The predicted molar refractivity (Wildman–Crippen MR) is 108 cm³/mol. The number of pyridine rings is 1. The number of amidine groups is 1. The second-order valence-corrected chi connectivity index (χ2v) is 8.22. The molecule has 7 heteroatoms. The van der Waals surface area contributed by atoms with Crippen molar-refractivity contribution in [3.05, 3.63) is 52.3 Å². The number of nitrogens with zero attached hydrogens (tertiary/aromatic N) is 3. The number of halogens is 1. The van der Waals surface area contributed by atoms with Gasteiger partial charge in [0, 0.05) is 22.5 Å². The van der Waals surface area contributed by atoms with Gasteiger partial charge in [0.25, 0.3) is 0 Å². The van der Waals surface area contributed by atoms with Crippen LogP contribution in [0.3, 0.4) is 0 Å². The number of phenols is 1. The van der Waals surface area contributed by atoms with Gasteiger partial charge in [0.05, 0.1) is 18.8 Å². The molecule has 3 heterocycles. The summed E-state index contributed by atoms with van der Waals surface area (Å²) in [6.07, 6.45) is 2.87. The highest BCUT2D eigenvalue weighted by molar-refractivity contribution is 9.10. The van der Waals surface area contributed by atoms with E-state index in [4.69, 9.17) is 9.73 Å². The van der Waals surface area contributed by atoms with Crippen LogP contribution in [0, 0.1) is 0 Å². The maximum Gasteiger partial charge on any atom is 0.160 e. The largest absolute Gasteiger partial charge is 0.504 e. The average molecular weight is 434 g/mol. The van der Waals surface area contributed by atoms with Gasteiger partial charge in [0.1, 0.15) is 6.04 Å². The normalized spacial score (nSPS) is 24.5. The number of fused-ring (bicyclic) bond motifs is 1. The zero-order valence-electron chi connectivity index (χ0n) is 14.6. The minimum absolute atomic E-state index is 0.0173. The lowest BCUT2D eigenvalue weighted by Crippen LogP contribution is -2.35. The highest BCUT2D eigenvalue weighted by Crippen LogP contribution is 2.51. The number of ether oxygens (including phenoxy) is 1. The molecule has 0 spiro atoms. The van der Waals surface area contributed by atoms with Gasteiger partial charge in [-0.3, -0.25) is 9.98 Å². The van der Waals surface area contributed by atoms with Gasteiger partial charge in [-0.05, 0) is 36.2 Å². The Balaban J connectivity index is 1.85. The van der Waals surface area contributed by atoms with Crippen molar-refractivity contribution in [1.82, 2.24) is 9.88 Å². The van der Waals surface area contributed by atoms with Crippen LogP contribution in [0.5, 0.6) is 11.5 Å². The van der Waals surface area contributed by atoms with E-state index in [1.807, 2.05) is 42.2 Å². The smallest absolute Gasteiger partial charge is 0.160 e. The summed E-state index contributed by atoms with van der Waals surface area (Å²) < 4.78 is 6.21. The van der Waals surface area contributed by atoms with Crippen molar-refractivity contribution in [1.29, 1.82) is 0 Å². The van der Waals surface area contributed by atoms with Gasteiger partial charge >= 0.3 is 0 Å². The van der Waals surface area contributed by atoms with Crippen LogP contribution in [0.1, 0.15) is 36.7 Å². The summed E-state index contributed by atoms with van der Waals surface area (Å²) in [4.78, 5) is 12.0. The van der Waals surface area contributed by atoms with E-state index in [1.54, 1.807) is 13.2 Å². The lowest BCUT2D eigenvalue weighted by molar-refractivity contribution is 0.253. The summed E-state index contributed by atoms with van der Waals surface area (Å²) in [5, 5.41) is 11.2. The number of aromatic nitrogens is 1. The Morgan fingerprint density at radius 3 is 2.92 bits per heavy atom. The molecule has 1 fully saturated rings. The zero-order chi connectivity index (χ0) is 18.3. The molecule has 136 valence electrons.